The van der Waals surface area contributed by atoms with Gasteiger partial charge in [-0.2, -0.15) is 0 Å². The molecule has 0 saturated heterocycles. The Morgan fingerprint density at radius 2 is 1.89 bits per heavy atom. The van der Waals surface area contributed by atoms with Crippen molar-refractivity contribution in [3.8, 4) is 22.8 Å². The van der Waals surface area contributed by atoms with Crippen LogP contribution in [0.25, 0.3) is 16.9 Å². The Hall–Kier alpha value is -3.61. The Morgan fingerprint density at radius 3 is 2.81 bits per heavy atom. The molecule has 0 radical (unpaired) electrons. The van der Waals surface area contributed by atoms with Crippen molar-refractivity contribution in [2.75, 3.05) is 18.5 Å². The molecule has 0 atom stereocenters. The van der Waals surface area contributed by atoms with E-state index in [2.05, 4.69) is 20.4 Å². The zero-order valence-electron chi connectivity index (χ0n) is 14.5. The predicted molar refractivity (Wildman–Crippen MR) is 101 cm³/mol. The van der Waals surface area contributed by atoms with Crippen molar-refractivity contribution in [3.05, 3.63) is 66.6 Å². The van der Waals surface area contributed by atoms with Crippen molar-refractivity contribution < 1.29 is 9.47 Å². The second-order valence-electron chi connectivity index (χ2n) is 6.16. The minimum atomic E-state index is 0.568. The van der Waals surface area contributed by atoms with Gasteiger partial charge < -0.3 is 14.8 Å². The van der Waals surface area contributed by atoms with Crippen molar-refractivity contribution >= 4 is 11.5 Å². The normalized spacial score (nSPS) is 12.9. The van der Waals surface area contributed by atoms with Gasteiger partial charge in [-0.05, 0) is 30.3 Å². The van der Waals surface area contributed by atoms with E-state index < -0.39 is 0 Å². The fraction of sp³-hybridized carbons (Fsp3) is 0.150. The summed E-state index contributed by atoms with van der Waals surface area (Å²) in [5.74, 6) is 2.35. The molecule has 7 nitrogen and oxygen atoms in total. The van der Waals surface area contributed by atoms with E-state index in [9.17, 15) is 0 Å². The topological polar surface area (TPSA) is 73.6 Å². The van der Waals surface area contributed by atoms with Gasteiger partial charge in [-0.3, -0.25) is 4.98 Å². The molecule has 3 aromatic heterocycles. The van der Waals surface area contributed by atoms with Gasteiger partial charge in [0.1, 0.15) is 19.0 Å². The SMILES string of the molecule is c1cc(CNc2ccc3ncc(-c4ccncc4)n3n2)c2c(c1)OCCO2. The van der Waals surface area contributed by atoms with Crippen molar-refractivity contribution in [1.82, 2.24) is 19.6 Å². The molecule has 5 rings (SSSR count). The van der Waals surface area contributed by atoms with E-state index in [1.807, 2.05) is 53.2 Å². The summed E-state index contributed by atoms with van der Waals surface area (Å²) in [7, 11) is 0. The van der Waals surface area contributed by atoms with E-state index in [0.717, 1.165) is 39.8 Å². The van der Waals surface area contributed by atoms with Gasteiger partial charge in [0.05, 0.1) is 11.9 Å². The molecular formula is C20H17N5O2. The second-order valence-corrected chi connectivity index (χ2v) is 6.16. The first-order chi connectivity index (χ1) is 13.4. The highest BCUT2D eigenvalue weighted by Gasteiger charge is 2.15. The van der Waals surface area contributed by atoms with E-state index >= 15 is 0 Å². The van der Waals surface area contributed by atoms with Gasteiger partial charge in [0.2, 0.25) is 0 Å². The van der Waals surface area contributed by atoms with Crippen molar-refractivity contribution in [2.45, 2.75) is 6.54 Å². The lowest BCUT2D eigenvalue weighted by Crippen LogP contribution is -2.17. The van der Waals surface area contributed by atoms with Crippen LogP contribution in [0.5, 0.6) is 11.5 Å². The average molecular weight is 359 g/mol. The third kappa shape index (κ3) is 2.93. The predicted octanol–water partition coefficient (Wildman–Crippen LogP) is 3.17. The maximum Gasteiger partial charge on any atom is 0.166 e. The molecule has 0 bridgehead atoms. The van der Waals surface area contributed by atoms with Crippen LogP contribution in [0, 0.1) is 0 Å². The number of hydrogen-bond acceptors (Lipinski definition) is 6. The molecule has 1 aliphatic rings. The number of nitrogens with zero attached hydrogens (tertiary/aromatic N) is 4. The first-order valence-corrected chi connectivity index (χ1v) is 8.75. The largest absolute Gasteiger partial charge is 0.486 e. The number of ether oxygens (including phenoxy) is 2. The van der Waals surface area contributed by atoms with Crippen molar-refractivity contribution in [1.29, 1.82) is 0 Å². The highest BCUT2D eigenvalue weighted by molar-refractivity contribution is 5.63. The molecule has 7 heteroatoms. The number of aromatic nitrogens is 4. The first kappa shape index (κ1) is 15.6. The van der Waals surface area contributed by atoms with Gasteiger partial charge in [0.25, 0.3) is 0 Å². The molecule has 1 aromatic carbocycles. The number of nitrogens with one attached hydrogen (secondary N) is 1. The fourth-order valence-corrected chi connectivity index (χ4v) is 3.15. The Labute approximate surface area is 155 Å². The van der Waals surface area contributed by atoms with Crippen LogP contribution >= 0.6 is 0 Å². The van der Waals surface area contributed by atoms with Crippen molar-refractivity contribution in [2.24, 2.45) is 0 Å². The fourth-order valence-electron chi connectivity index (χ4n) is 3.15. The summed E-state index contributed by atoms with van der Waals surface area (Å²) in [6, 6.07) is 13.7. The maximum absolute atomic E-state index is 5.77. The Kier molecular flexibility index (Phi) is 3.82. The number of imidazole rings is 1. The monoisotopic (exact) mass is 359 g/mol. The Balaban J connectivity index is 1.43. The van der Waals surface area contributed by atoms with E-state index in [1.54, 1.807) is 12.4 Å². The second kappa shape index (κ2) is 6.60. The summed E-state index contributed by atoms with van der Waals surface area (Å²) in [6.07, 6.45) is 5.34. The van der Waals surface area contributed by atoms with E-state index in [1.165, 1.54) is 0 Å². The van der Waals surface area contributed by atoms with Crippen LogP contribution in [-0.2, 0) is 6.54 Å². The molecule has 0 aliphatic carbocycles. The first-order valence-electron chi connectivity index (χ1n) is 8.75. The third-order valence-electron chi connectivity index (χ3n) is 4.45. The van der Waals surface area contributed by atoms with Crippen LogP contribution in [0.3, 0.4) is 0 Å². The van der Waals surface area contributed by atoms with Crippen LogP contribution in [-0.4, -0.2) is 32.8 Å². The Morgan fingerprint density at radius 1 is 1.00 bits per heavy atom. The number of rotatable bonds is 4. The van der Waals surface area contributed by atoms with E-state index in [-0.39, 0.29) is 0 Å². The lowest BCUT2D eigenvalue weighted by molar-refractivity contribution is 0.170. The van der Waals surface area contributed by atoms with Gasteiger partial charge in [-0.15, -0.1) is 5.10 Å². The van der Waals surface area contributed by atoms with Crippen LogP contribution in [0.2, 0.25) is 0 Å². The molecule has 1 aliphatic heterocycles. The molecule has 0 spiro atoms. The number of benzene rings is 1. The minimum Gasteiger partial charge on any atom is -0.486 e. The molecule has 4 aromatic rings. The molecule has 0 unspecified atom stereocenters. The molecule has 1 N–H and O–H groups in total. The summed E-state index contributed by atoms with van der Waals surface area (Å²) in [6.45, 7) is 1.74. The molecule has 4 heterocycles. The van der Waals surface area contributed by atoms with Gasteiger partial charge in [-0.25, -0.2) is 9.50 Å². The molecule has 0 amide bonds. The molecule has 134 valence electrons. The minimum absolute atomic E-state index is 0.568. The van der Waals surface area contributed by atoms with Crippen LogP contribution in [0.4, 0.5) is 5.82 Å². The number of para-hydroxylation sites is 1. The number of fused-ring (bicyclic) bond motifs is 2. The lowest BCUT2D eigenvalue weighted by Gasteiger charge is -2.21. The van der Waals surface area contributed by atoms with E-state index in [4.69, 9.17) is 9.47 Å². The number of pyridine rings is 1. The molecular weight excluding hydrogens is 342 g/mol. The summed E-state index contributed by atoms with van der Waals surface area (Å²) in [4.78, 5) is 8.49. The van der Waals surface area contributed by atoms with Crippen LogP contribution < -0.4 is 14.8 Å². The number of anilines is 1. The summed E-state index contributed by atoms with van der Waals surface area (Å²) < 4.78 is 13.2. The molecule has 27 heavy (non-hydrogen) atoms. The zero-order chi connectivity index (χ0) is 18.1. The van der Waals surface area contributed by atoms with Gasteiger partial charge in [0, 0.05) is 30.1 Å². The van der Waals surface area contributed by atoms with Crippen molar-refractivity contribution in [3.63, 3.8) is 0 Å². The van der Waals surface area contributed by atoms with Gasteiger partial charge in [0.15, 0.2) is 17.1 Å². The van der Waals surface area contributed by atoms with Crippen LogP contribution in [0.15, 0.2) is 61.1 Å². The van der Waals surface area contributed by atoms with E-state index in [0.29, 0.717) is 19.8 Å². The highest BCUT2D eigenvalue weighted by Crippen LogP contribution is 2.33. The quantitative estimate of drug-likeness (QED) is 0.603. The lowest BCUT2D eigenvalue weighted by atomic mass is 10.1. The molecule has 0 fully saturated rings. The average Bonchev–Trinajstić information content (AvgIpc) is 3.16. The summed E-state index contributed by atoms with van der Waals surface area (Å²) in [5, 5.41) is 8.05. The van der Waals surface area contributed by atoms with Crippen LogP contribution in [0.1, 0.15) is 5.56 Å². The standard InChI is InChI=1S/C20H17N5O2/c1-2-15(20-17(3-1)26-10-11-27-20)12-22-18-4-5-19-23-13-16(25(19)24-18)14-6-8-21-9-7-14/h1-9,13H,10-12H2,(H,22,24). The summed E-state index contributed by atoms with van der Waals surface area (Å²) >= 11 is 0. The molecule has 0 saturated carbocycles. The number of hydrogen-bond donors (Lipinski definition) is 1. The third-order valence-corrected chi connectivity index (χ3v) is 4.45. The highest BCUT2D eigenvalue weighted by atomic mass is 16.6. The summed E-state index contributed by atoms with van der Waals surface area (Å²) in [5.41, 5.74) is 3.77. The Bertz CT molecular complexity index is 1090. The maximum atomic E-state index is 5.77. The van der Waals surface area contributed by atoms with Gasteiger partial charge in [-0.1, -0.05) is 12.1 Å². The van der Waals surface area contributed by atoms with Gasteiger partial charge >= 0.3 is 0 Å². The zero-order valence-corrected chi connectivity index (χ0v) is 14.5. The smallest absolute Gasteiger partial charge is 0.166 e.